The van der Waals surface area contributed by atoms with Gasteiger partial charge in [-0.25, -0.2) is 0 Å². The molecule has 7 nitrogen and oxygen atoms in total. The van der Waals surface area contributed by atoms with Crippen LogP contribution in [0, 0.1) is 0 Å². The minimum absolute atomic E-state index is 0.0694. The third kappa shape index (κ3) is 5.78. The van der Waals surface area contributed by atoms with E-state index in [1.165, 1.54) is 26.6 Å². The van der Waals surface area contributed by atoms with Crippen LogP contribution in [0.2, 0.25) is 0 Å². The fraction of sp³-hybridized carbons (Fsp3) is 0.200. The van der Waals surface area contributed by atoms with Crippen molar-refractivity contribution in [2.24, 2.45) is 0 Å². The van der Waals surface area contributed by atoms with Gasteiger partial charge >= 0.3 is 0 Å². The van der Waals surface area contributed by atoms with Crippen molar-refractivity contribution in [3.63, 3.8) is 0 Å². The van der Waals surface area contributed by atoms with Crippen molar-refractivity contribution in [1.29, 1.82) is 0 Å². The van der Waals surface area contributed by atoms with Crippen LogP contribution in [0.3, 0.4) is 0 Å². The lowest BCUT2D eigenvalue weighted by Crippen LogP contribution is -2.36. The first-order chi connectivity index (χ1) is 15.5. The summed E-state index contributed by atoms with van der Waals surface area (Å²) in [5.74, 6) is 0.583. The Labute approximate surface area is 187 Å². The van der Waals surface area contributed by atoms with Gasteiger partial charge in [0.2, 0.25) is 0 Å². The number of amides is 2. The molecule has 0 bridgehead atoms. The number of carbonyl (C=O) groups is 2. The maximum Gasteiger partial charge on any atom is 0.267 e. The van der Waals surface area contributed by atoms with Gasteiger partial charge in [-0.15, -0.1) is 0 Å². The van der Waals surface area contributed by atoms with Crippen LogP contribution in [0.1, 0.15) is 34.5 Å². The SMILES string of the molecule is COc1ccc(C(=O)N/C(=C\c2ccco2)C(=O)NCC(C)c2ccccc2)cc1OC. The number of hydrogen-bond acceptors (Lipinski definition) is 5. The summed E-state index contributed by atoms with van der Waals surface area (Å²) < 4.78 is 15.8. The lowest BCUT2D eigenvalue weighted by molar-refractivity contribution is -0.117. The Bertz CT molecular complexity index is 1070. The van der Waals surface area contributed by atoms with Gasteiger partial charge in [0.05, 0.1) is 20.5 Å². The van der Waals surface area contributed by atoms with Gasteiger partial charge in [-0.05, 0) is 41.8 Å². The zero-order valence-corrected chi connectivity index (χ0v) is 18.3. The van der Waals surface area contributed by atoms with Crippen LogP contribution in [0.25, 0.3) is 6.08 Å². The van der Waals surface area contributed by atoms with Gasteiger partial charge in [0.1, 0.15) is 11.5 Å². The van der Waals surface area contributed by atoms with E-state index >= 15 is 0 Å². The lowest BCUT2D eigenvalue weighted by Gasteiger charge is -2.15. The fourth-order valence-electron chi connectivity index (χ4n) is 3.09. The van der Waals surface area contributed by atoms with E-state index in [1.807, 2.05) is 37.3 Å². The molecule has 0 radical (unpaired) electrons. The summed E-state index contributed by atoms with van der Waals surface area (Å²) in [7, 11) is 3.01. The molecular weight excluding hydrogens is 408 g/mol. The number of carbonyl (C=O) groups excluding carboxylic acids is 2. The number of methoxy groups -OCH3 is 2. The second kappa shape index (κ2) is 10.9. The highest BCUT2D eigenvalue weighted by Gasteiger charge is 2.18. The first-order valence-corrected chi connectivity index (χ1v) is 10.1. The van der Waals surface area contributed by atoms with E-state index in [1.54, 1.807) is 30.3 Å². The molecule has 0 aliphatic carbocycles. The Kier molecular flexibility index (Phi) is 7.70. The molecule has 1 unspecified atom stereocenters. The molecule has 1 aromatic heterocycles. The molecule has 1 heterocycles. The molecule has 2 aromatic carbocycles. The Morgan fingerprint density at radius 2 is 1.75 bits per heavy atom. The quantitative estimate of drug-likeness (QED) is 0.497. The summed E-state index contributed by atoms with van der Waals surface area (Å²) in [4.78, 5) is 25.8. The molecule has 7 heteroatoms. The molecule has 1 atom stereocenters. The number of furan rings is 1. The van der Waals surface area contributed by atoms with E-state index in [-0.39, 0.29) is 11.6 Å². The largest absolute Gasteiger partial charge is 0.493 e. The van der Waals surface area contributed by atoms with Crippen LogP contribution >= 0.6 is 0 Å². The number of rotatable bonds is 9. The highest BCUT2D eigenvalue weighted by atomic mass is 16.5. The second-order valence-corrected chi connectivity index (χ2v) is 7.12. The molecule has 2 N–H and O–H groups in total. The van der Waals surface area contributed by atoms with Crippen LogP contribution < -0.4 is 20.1 Å². The van der Waals surface area contributed by atoms with E-state index < -0.39 is 11.8 Å². The standard InChI is InChI=1S/C25H26N2O5/c1-17(18-8-5-4-6-9-18)16-26-25(29)21(15-20-10-7-13-32-20)27-24(28)19-11-12-22(30-2)23(14-19)31-3/h4-15,17H,16H2,1-3H3,(H,26,29)(H,27,28)/b21-15-. The zero-order valence-electron chi connectivity index (χ0n) is 18.3. The number of benzene rings is 2. The summed E-state index contributed by atoms with van der Waals surface area (Å²) in [6, 6.07) is 18.1. The lowest BCUT2D eigenvalue weighted by atomic mass is 10.0. The molecule has 166 valence electrons. The Balaban J connectivity index is 1.76. The average Bonchev–Trinajstić information content (AvgIpc) is 3.35. The third-order valence-corrected chi connectivity index (χ3v) is 4.91. The maximum absolute atomic E-state index is 12.9. The average molecular weight is 434 g/mol. The van der Waals surface area contributed by atoms with E-state index in [0.29, 0.717) is 29.4 Å². The second-order valence-electron chi connectivity index (χ2n) is 7.12. The van der Waals surface area contributed by atoms with Crippen LogP contribution in [0.5, 0.6) is 11.5 Å². The van der Waals surface area contributed by atoms with Crippen LogP contribution in [-0.4, -0.2) is 32.6 Å². The smallest absolute Gasteiger partial charge is 0.267 e. The molecule has 0 spiro atoms. The third-order valence-electron chi connectivity index (χ3n) is 4.91. The Hall–Kier alpha value is -4.00. The van der Waals surface area contributed by atoms with Gasteiger partial charge in [-0.3, -0.25) is 9.59 Å². The van der Waals surface area contributed by atoms with Crippen molar-refractivity contribution in [3.05, 3.63) is 89.5 Å². The summed E-state index contributed by atoms with van der Waals surface area (Å²) in [5, 5.41) is 5.56. The molecule has 0 fully saturated rings. The molecule has 0 aliphatic rings. The first kappa shape index (κ1) is 22.7. The molecular formula is C25H26N2O5. The van der Waals surface area contributed by atoms with E-state index in [0.717, 1.165) is 5.56 Å². The van der Waals surface area contributed by atoms with Gasteiger partial charge in [0.25, 0.3) is 11.8 Å². The summed E-state index contributed by atoms with van der Waals surface area (Å²) in [5.41, 5.74) is 1.50. The monoisotopic (exact) mass is 434 g/mol. The van der Waals surface area contributed by atoms with Crippen LogP contribution in [-0.2, 0) is 4.79 Å². The van der Waals surface area contributed by atoms with E-state index in [9.17, 15) is 9.59 Å². The number of hydrogen-bond donors (Lipinski definition) is 2. The van der Waals surface area contributed by atoms with Crippen LogP contribution in [0.15, 0.2) is 77.0 Å². The van der Waals surface area contributed by atoms with Crippen molar-refractivity contribution in [2.75, 3.05) is 20.8 Å². The first-order valence-electron chi connectivity index (χ1n) is 10.1. The van der Waals surface area contributed by atoms with Crippen molar-refractivity contribution < 1.29 is 23.5 Å². The predicted octanol–water partition coefficient (Wildman–Crippen LogP) is 3.99. The number of ether oxygens (including phenoxy) is 2. The summed E-state index contributed by atoms with van der Waals surface area (Å²) in [6.45, 7) is 2.43. The van der Waals surface area contributed by atoms with Gasteiger partial charge in [0.15, 0.2) is 11.5 Å². The van der Waals surface area contributed by atoms with Gasteiger partial charge < -0.3 is 24.5 Å². The minimum atomic E-state index is -0.463. The maximum atomic E-state index is 12.9. The highest BCUT2D eigenvalue weighted by molar-refractivity contribution is 6.05. The normalized spacial score (nSPS) is 12.0. The van der Waals surface area contributed by atoms with Crippen molar-refractivity contribution >= 4 is 17.9 Å². The molecule has 32 heavy (non-hydrogen) atoms. The molecule has 2 amide bonds. The molecule has 0 aliphatic heterocycles. The molecule has 0 saturated heterocycles. The van der Waals surface area contributed by atoms with Gasteiger partial charge in [0, 0.05) is 18.2 Å². The predicted molar refractivity (Wildman–Crippen MR) is 122 cm³/mol. The van der Waals surface area contributed by atoms with Crippen molar-refractivity contribution in [3.8, 4) is 11.5 Å². The topological polar surface area (TPSA) is 89.8 Å². The zero-order chi connectivity index (χ0) is 22.9. The van der Waals surface area contributed by atoms with E-state index in [4.69, 9.17) is 13.9 Å². The molecule has 3 rings (SSSR count). The van der Waals surface area contributed by atoms with Crippen molar-refractivity contribution in [2.45, 2.75) is 12.8 Å². The summed E-state index contributed by atoms with van der Waals surface area (Å²) >= 11 is 0. The van der Waals surface area contributed by atoms with Gasteiger partial charge in [-0.2, -0.15) is 0 Å². The summed E-state index contributed by atoms with van der Waals surface area (Å²) in [6.07, 6.45) is 2.98. The number of nitrogens with one attached hydrogen (secondary N) is 2. The van der Waals surface area contributed by atoms with Gasteiger partial charge in [-0.1, -0.05) is 37.3 Å². The molecule has 0 saturated carbocycles. The Morgan fingerprint density at radius 3 is 2.41 bits per heavy atom. The fourth-order valence-corrected chi connectivity index (χ4v) is 3.09. The van der Waals surface area contributed by atoms with E-state index in [2.05, 4.69) is 10.6 Å². The highest BCUT2D eigenvalue weighted by Crippen LogP contribution is 2.27. The van der Waals surface area contributed by atoms with Crippen LogP contribution in [0.4, 0.5) is 0 Å². The minimum Gasteiger partial charge on any atom is -0.493 e. The van der Waals surface area contributed by atoms with Crippen molar-refractivity contribution in [1.82, 2.24) is 10.6 Å². The Morgan fingerprint density at radius 1 is 1.00 bits per heavy atom. The molecule has 3 aromatic rings.